The van der Waals surface area contributed by atoms with Crippen molar-refractivity contribution in [1.82, 2.24) is 10.6 Å². The second kappa shape index (κ2) is 7.76. The Kier molecular flexibility index (Phi) is 5.53. The average molecular weight is 412 g/mol. The minimum Gasteiger partial charge on any atom is -0.392 e. The summed E-state index contributed by atoms with van der Waals surface area (Å²) >= 11 is 0. The number of rotatable bonds is 5. The average Bonchev–Trinajstić information content (AvgIpc) is 2.65. The van der Waals surface area contributed by atoms with Crippen molar-refractivity contribution in [1.29, 1.82) is 5.41 Å². The summed E-state index contributed by atoms with van der Waals surface area (Å²) in [6.45, 7) is -0.566. The molecule has 0 aliphatic carbocycles. The Morgan fingerprint density at radius 1 is 1.41 bits per heavy atom. The molecule has 2 heterocycles. The Bertz CT molecular complexity index is 934. The molecule has 2 aliphatic heterocycles. The summed E-state index contributed by atoms with van der Waals surface area (Å²) in [6, 6.07) is 2.06. The van der Waals surface area contributed by atoms with Crippen LogP contribution in [-0.4, -0.2) is 43.3 Å². The maximum absolute atomic E-state index is 14.4. The fraction of sp³-hybridized carbons (Fsp3) is 0.278. The van der Waals surface area contributed by atoms with E-state index in [0.717, 1.165) is 18.3 Å². The fourth-order valence-electron chi connectivity index (χ4n) is 2.82. The van der Waals surface area contributed by atoms with Gasteiger partial charge in [0, 0.05) is 29.8 Å². The maximum Gasteiger partial charge on any atom is 0.416 e. The highest BCUT2D eigenvalue weighted by Crippen LogP contribution is 2.36. The molecule has 0 spiro atoms. The van der Waals surface area contributed by atoms with E-state index in [1.807, 2.05) is 0 Å². The van der Waals surface area contributed by atoms with Crippen molar-refractivity contribution in [3.8, 4) is 0 Å². The van der Waals surface area contributed by atoms with Gasteiger partial charge in [-0.2, -0.15) is 13.2 Å². The summed E-state index contributed by atoms with van der Waals surface area (Å²) in [4.78, 5) is 16.6. The number of amides is 1. The van der Waals surface area contributed by atoms with Crippen LogP contribution in [0.1, 0.15) is 11.1 Å². The van der Waals surface area contributed by atoms with E-state index in [-0.39, 0.29) is 36.8 Å². The molecular formula is C18H16F4N4O3. The molecule has 0 bridgehead atoms. The fourth-order valence-corrected chi connectivity index (χ4v) is 2.82. The summed E-state index contributed by atoms with van der Waals surface area (Å²) in [5.74, 6) is -1.89. The number of hydrogen-bond acceptors (Lipinski definition) is 6. The van der Waals surface area contributed by atoms with Crippen LogP contribution in [0.3, 0.4) is 0 Å². The lowest BCUT2D eigenvalue weighted by Crippen LogP contribution is -2.60. The van der Waals surface area contributed by atoms with Gasteiger partial charge in [-0.3, -0.25) is 4.79 Å². The van der Waals surface area contributed by atoms with Gasteiger partial charge < -0.3 is 25.9 Å². The largest absolute Gasteiger partial charge is 0.416 e. The third kappa shape index (κ3) is 4.05. The van der Waals surface area contributed by atoms with E-state index >= 15 is 0 Å². The van der Waals surface area contributed by atoms with Crippen LogP contribution in [0.4, 0.5) is 17.6 Å². The molecule has 1 amide bonds. The molecule has 11 heteroatoms. The first-order valence-electron chi connectivity index (χ1n) is 8.33. The highest BCUT2D eigenvalue weighted by atomic mass is 19.4. The summed E-state index contributed by atoms with van der Waals surface area (Å²) in [5.41, 5.74) is -2.40. The van der Waals surface area contributed by atoms with E-state index in [4.69, 9.17) is 15.3 Å². The van der Waals surface area contributed by atoms with Crippen LogP contribution in [0, 0.1) is 11.2 Å². The van der Waals surface area contributed by atoms with E-state index in [2.05, 4.69) is 15.6 Å². The van der Waals surface area contributed by atoms with Gasteiger partial charge in [-0.1, -0.05) is 6.07 Å². The number of aliphatic hydroxyl groups is 1. The molecule has 4 N–H and O–H groups in total. The van der Waals surface area contributed by atoms with Crippen molar-refractivity contribution >= 4 is 18.3 Å². The molecule has 0 radical (unpaired) electrons. The summed E-state index contributed by atoms with van der Waals surface area (Å²) < 4.78 is 57.9. The van der Waals surface area contributed by atoms with Gasteiger partial charge in [0.15, 0.2) is 0 Å². The first-order valence-corrected chi connectivity index (χ1v) is 8.33. The number of hydrogen-bond donors (Lipinski definition) is 4. The first kappa shape index (κ1) is 20.7. The molecule has 7 nitrogen and oxygen atoms in total. The minimum atomic E-state index is -4.70. The van der Waals surface area contributed by atoms with Crippen LogP contribution in [0.25, 0.3) is 0 Å². The molecule has 1 aromatic carbocycles. The summed E-state index contributed by atoms with van der Waals surface area (Å²) in [5, 5.41) is 21.7. The van der Waals surface area contributed by atoms with Gasteiger partial charge in [-0.25, -0.2) is 9.38 Å². The molecular weight excluding hydrogens is 396 g/mol. The van der Waals surface area contributed by atoms with Crippen LogP contribution in [0.2, 0.25) is 0 Å². The molecule has 154 valence electrons. The Morgan fingerprint density at radius 2 is 2.14 bits per heavy atom. The molecule has 0 saturated carbocycles. The van der Waals surface area contributed by atoms with Gasteiger partial charge in [0.1, 0.15) is 17.2 Å². The third-order valence-electron chi connectivity index (χ3n) is 4.44. The van der Waals surface area contributed by atoms with Crippen molar-refractivity contribution < 1.29 is 32.2 Å². The Balaban J connectivity index is 1.88. The highest BCUT2D eigenvalue weighted by molar-refractivity contribution is 6.12. The van der Waals surface area contributed by atoms with Gasteiger partial charge in [-0.15, -0.1) is 0 Å². The standard InChI is InChI=1S/C18H16F4N4O3/c19-14-3-11(18(20,21)22)1-2-13(14)17(8-29-9-17)26-16(28)12(4-23)15-24-5-10(7-27)6-25-15/h1-6,23-24,27H,7-9H2,(H,26,28)/b15-12-,23-4?. The molecule has 1 fully saturated rings. The van der Waals surface area contributed by atoms with E-state index in [0.29, 0.717) is 11.6 Å². The molecule has 0 atom stereocenters. The molecule has 3 rings (SSSR count). The number of carbonyl (C=O) groups is 1. The molecule has 29 heavy (non-hydrogen) atoms. The Labute approximate surface area is 162 Å². The van der Waals surface area contributed by atoms with Gasteiger partial charge in [-0.05, 0) is 12.1 Å². The third-order valence-corrected chi connectivity index (χ3v) is 4.44. The van der Waals surface area contributed by atoms with Crippen LogP contribution >= 0.6 is 0 Å². The zero-order valence-corrected chi connectivity index (χ0v) is 14.8. The number of nitrogens with zero attached hydrogens (tertiary/aromatic N) is 1. The normalized spacial score (nSPS) is 19.6. The zero-order valence-electron chi connectivity index (χ0n) is 14.8. The quantitative estimate of drug-likeness (QED) is 0.335. The van der Waals surface area contributed by atoms with E-state index < -0.39 is 29.0 Å². The number of ether oxygens (including phenoxy) is 1. The SMILES string of the molecule is N=C/C(C(=O)NC1(c2ccc(C(F)(F)F)cc2F)COC1)=C1/N=CC(CO)=CN1. The van der Waals surface area contributed by atoms with Crippen LogP contribution < -0.4 is 10.6 Å². The van der Waals surface area contributed by atoms with Crippen LogP contribution in [0.5, 0.6) is 0 Å². The first-order chi connectivity index (χ1) is 13.7. The second-order valence-corrected chi connectivity index (χ2v) is 6.41. The van der Waals surface area contributed by atoms with E-state index in [9.17, 15) is 22.4 Å². The van der Waals surface area contributed by atoms with Gasteiger partial charge in [0.05, 0.1) is 31.0 Å². The lowest BCUT2D eigenvalue weighted by Gasteiger charge is -2.42. The summed E-state index contributed by atoms with van der Waals surface area (Å²) in [6.07, 6.45) is -1.25. The Morgan fingerprint density at radius 3 is 2.59 bits per heavy atom. The monoisotopic (exact) mass is 412 g/mol. The van der Waals surface area contributed by atoms with Gasteiger partial charge in [0.2, 0.25) is 0 Å². The van der Waals surface area contributed by atoms with Crippen molar-refractivity contribution in [3.05, 3.63) is 58.3 Å². The van der Waals surface area contributed by atoms with Crippen molar-refractivity contribution in [3.63, 3.8) is 0 Å². The van der Waals surface area contributed by atoms with Crippen LogP contribution in [-0.2, 0) is 21.2 Å². The lowest BCUT2D eigenvalue weighted by atomic mass is 9.86. The van der Waals surface area contributed by atoms with E-state index in [1.54, 1.807) is 0 Å². The Hall–Kier alpha value is -3.05. The topological polar surface area (TPSA) is 107 Å². The van der Waals surface area contributed by atoms with E-state index in [1.165, 1.54) is 12.4 Å². The number of nitrogens with one attached hydrogen (secondary N) is 3. The molecule has 0 aromatic heterocycles. The minimum absolute atomic E-state index is 0.0259. The predicted octanol–water partition coefficient (Wildman–Crippen LogP) is 1.60. The molecule has 1 aromatic rings. The molecule has 0 unspecified atom stereocenters. The number of halogens is 4. The number of alkyl halides is 3. The van der Waals surface area contributed by atoms with Gasteiger partial charge in [0.25, 0.3) is 5.91 Å². The number of carbonyl (C=O) groups excluding carboxylic acids is 1. The zero-order chi connectivity index (χ0) is 21.2. The highest BCUT2D eigenvalue weighted by Gasteiger charge is 2.45. The second-order valence-electron chi connectivity index (χ2n) is 6.41. The van der Waals surface area contributed by atoms with Crippen molar-refractivity contribution in [2.45, 2.75) is 11.7 Å². The van der Waals surface area contributed by atoms with Crippen molar-refractivity contribution in [2.24, 2.45) is 4.99 Å². The predicted molar refractivity (Wildman–Crippen MR) is 94.6 cm³/mol. The maximum atomic E-state index is 14.4. The number of benzene rings is 1. The lowest BCUT2D eigenvalue weighted by molar-refractivity contribution is -0.138. The number of aliphatic imine (C=N–C) groups is 1. The van der Waals surface area contributed by atoms with Crippen molar-refractivity contribution in [2.75, 3.05) is 19.8 Å². The smallest absolute Gasteiger partial charge is 0.392 e. The number of aliphatic hydroxyl groups excluding tert-OH is 1. The molecule has 1 saturated heterocycles. The molecule has 2 aliphatic rings. The summed E-state index contributed by atoms with van der Waals surface area (Å²) in [7, 11) is 0. The van der Waals surface area contributed by atoms with Gasteiger partial charge >= 0.3 is 6.18 Å². The van der Waals surface area contributed by atoms with Crippen LogP contribution in [0.15, 0.2) is 46.4 Å².